The molecular weight excluding hydrogens is 190 g/mol. The molecule has 0 radical (unpaired) electrons. The van der Waals surface area contributed by atoms with Gasteiger partial charge in [-0.3, -0.25) is 4.98 Å². The molecule has 2 aromatic rings. The molecular formula is C12H11NO2. The van der Waals surface area contributed by atoms with Gasteiger partial charge in [-0.2, -0.15) is 0 Å². The van der Waals surface area contributed by atoms with Crippen LogP contribution in [0.3, 0.4) is 0 Å². The van der Waals surface area contributed by atoms with Crippen molar-refractivity contribution in [2.45, 2.75) is 0 Å². The number of aromatic nitrogens is 1. The first-order chi connectivity index (χ1) is 7.40. The normalized spacial score (nSPS) is 11.0. The van der Waals surface area contributed by atoms with E-state index in [-0.39, 0.29) is 6.61 Å². The molecule has 0 bridgehead atoms. The summed E-state index contributed by atoms with van der Waals surface area (Å²) in [6.07, 6.45) is 6.84. The maximum absolute atomic E-state index is 8.61. The highest BCUT2D eigenvalue weighted by molar-refractivity contribution is 5.58. The Morgan fingerprint density at radius 1 is 1.33 bits per heavy atom. The Balaban J connectivity index is 2.24. The third-order valence-corrected chi connectivity index (χ3v) is 1.96. The van der Waals surface area contributed by atoms with Gasteiger partial charge < -0.3 is 9.52 Å². The van der Waals surface area contributed by atoms with Crippen LogP contribution in [0, 0.1) is 0 Å². The predicted octanol–water partition coefficient (Wildman–Crippen LogP) is 2.35. The molecule has 2 rings (SSSR count). The second-order valence-electron chi connectivity index (χ2n) is 3.03. The van der Waals surface area contributed by atoms with E-state index in [9.17, 15) is 0 Å². The van der Waals surface area contributed by atoms with Gasteiger partial charge in [0.25, 0.3) is 0 Å². The third-order valence-electron chi connectivity index (χ3n) is 1.96. The second-order valence-corrected chi connectivity index (χ2v) is 3.03. The van der Waals surface area contributed by atoms with Crippen molar-refractivity contribution in [3.8, 4) is 11.3 Å². The fraction of sp³-hybridized carbons (Fsp3) is 0.0833. The second kappa shape index (κ2) is 4.57. The smallest absolute Gasteiger partial charge is 0.136 e. The third kappa shape index (κ3) is 2.33. The molecule has 0 aromatic carbocycles. The summed E-state index contributed by atoms with van der Waals surface area (Å²) in [4.78, 5) is 4.01. The van der Waals surface area contributed by atoms with Crippen molar-refractivity contribution >= 4 is 6.08 Å². The van der Waals surface area contributed by atoms with Crippen molar-refractivity contribution in [2.75, 3.05) is 6.61 Å². The van der Waals surface area contributed by atoms with E-state index in [1.165, 1.54) is 0 Å². The number of furan rings is 1. The van der Waals surface area contributed by atoms with Crippen LogP contribution in [0.15, 0.2) is 47.2 Å². The minimum Gasteiger partial charge on any atom is -0.457 e. The van der Waals surface area contributed by atoms with Crippen LogP contribution in [0.2, 0.25) is 0 Å². The maximum Gasteiger partial charge on any atom is 0.136 e. The molecule has 76 valence electrons. The average molecular weight is 201 g/mol. The Morgan fingerprint density at radius 3 is 3.00 bits per heavy atom. The summed E-state index contributed by atoms with van der Waals surface area (Å²) in [7, 11) is 0. The minimum absolute atomic E-state index is 0.0168. The highest BCUT2D eigenvalue weighted by atomic mass is 16.3. The maximum atomic E-state index is 8.61. The van der Waals surface area contributed by atoms with E-state index >= 15 is 0 Å². The van der Waals surface area contributed by atoms with E-state index in [1.54, 1.807) is 24.5 Å². The number of pyridine rings is 1. The summed E-state index contributed by atoms with van der Waals surface area (Å²) in [6, 6.07) is 7.54. The van der Waals surface area contributed by atoms with Gasteiger partial charge in [-0.25, -0.2) is 0 Å². The van der Waals surface area contributed by atoms with Gasteiger partial charge in [0.2, 0.25) is 0 Å². The van der Waals surface area contributed by atoms with E-state index in [2.05, 4.69) is 4.98 Å². The largest absolute Gasteiger partial charge is 0.457 e. The standard InChI is InChI=1S/C12H11NO2/c14-8-2-4-11-5-6-12(15-11)10-3-1-7-13-9-10/h1-7,9,14H,8H2. The lowest BCUT2D eigenvalue weighted by Gasteiger charge is -1.93. The molecule has 15 heavy (non-hydrogen) atoms. The van der Waals surface area contributed by atoms with Crippen molar-refractivity contribution in [2.24, 2.45) is 0 Å². The summed E-state index contributed by atoms with van der Waals surface area (Å²) in [5.74, 6) is 1.50. The molecule has 1 N–H and O–H groups in total. The van der Waals surface area contributed by atoms with Gasteiger partial charge >= 0.3 is 0 Å². The lowest BCUT2D eigenvalue weighted by molar-refractivity contribution is 0.343. The molecule has 2 aromatic heterocycles. The number of nitrogens with zero attached hydrogens (tertiary/aromatic N) is 1. The first-order valence-electron chi connectivity index (χ1n) is 4.68. The van der Waals surface area contributed by atoms with Gasteiger partial charge in [0.15, 0.2) is 0 Å². The Kier molecular flexibility index (Phi) is 2.95. The lowest BCUT2D eigenvalue weighted by Crippen LogP contribution is -1.74. The molecule has 2 heterocycles. The monoisotopic (exact) mass is 201 g/mol. The van der Waals surface area contributed by atoms with E-state index in [1.807, 2.05) is 24.3 Å². The average Bonchev–Trinajstić information content (AvgIpc) is 2.76. The van der Waals surface area contributed by atoms with Crippen LogP contribution in [0.1, 0.15) is 5.76 Å². The number of rotatable bonds is 3. The predicted molar refractivity (Wildman–Crippen MR) is 58.1 cm³/mol. The molecule has 0 unspecified atom stereocenters. The number of aliphatic hydroxyl groups excluding tert-OH is 1. The summed E-state index contributed by atoms with van der Waals surface area (Å²) >= 11 is 0. The molecule has 0 saturated heterocycles. The summed E-state index contributed by atoms with van der Waals surface area (Å²) in [6.45, 7) is 0.0168. The van der Waals surface area contributed by atoms with Crippen LogP contribution >= 0.6 is 0 Å². The van der Waals surface area contributed by atoms with Crippen LogP contribution in [0.4, 0.5) is 0 Å². The van der Waals surface area contributed by atoms with Gasteiger partial charge in [0, 0.05) is 18.0 Å². The van der Waals surface area contributed by atoms with Crippen molar-refractivity contribution in [1.82, 2.24) is 4.98 Å². The van der Waals surface area contributed by atoms with Crippen LogP contribution in [0.25, 0.3) is 17.4 Å². The molecule has 0 saturated carbocycles. The van der Waals surface area contributed by atoms with Gasteiger partial charge in [-0.05, 0) is 30.3 Å². The summed E-state index contributed by atoms with van der Waals surface area (Å²) in [5, 5.41) is 8.61. The van der Waals surface area contributed by atoms with E-state index in [0.29, 0.717) is 0 Å². The van der Waals surface area contributed by atoms with Crippen LogP contribution in [0.5, 0.6) is 0 Å². The zero-order chi connectivity index (χ0) is 10.5. The molecule has 0 atom stereocenters. The Morgan fingerprint density at radius 2 is 2.27 bits per heavy atom. The van der Waals surface area contributed by atoms with Gasteiger partial charge in [0.05, 0.1) is 6.61 Å². The van der Waals surface area contributed by atoms with Gasteiger partial charge in [-0.15, -0.1) is 0 Å². The zero-order valence-corrected chi connectivity index (χ0v) is 8.13. The van der Waals surface area contributed by atoms with Crippen molar-refractivity contribution in [3.63, 3.8) is 0 Å². The molecule has 3 nitrogen and oxygen atoms in total. The van der Waals surface area contributed by atoms with Gasteiger partial charge in [0.1, 0.15) is 11.5 Å². The van der Waals surface area contributed by atoms with Gasteiger partial charge in [-0.1, -0.05) is 6.08 Å². The molecule has 0 amide bonds. The Bertz CT molecular complexity index is 446. The van der Waals surface area contributed by atoms with E-state index < -0.39 is 0 Å². The topological polar surface area (TPSA) is 46.3 Å². The van der Waals surface area contributed by atoms with Crippen molar-refractivity contribution in [1.29, 1.82) is 0 Å². The first kappa shape index (κ1) is 9.68. The van der Waals surface area contributed by atoms with Crippen LogP contribution in [-0.4, -0.2) is 16.7 Å². The summed E-state index contributed by atoms with van der Waals surface area (Å²) < 4.78 is 5.53. The zero-order valence-electron chi connectivity index (χ0n) is 8.13. The SMILES string of the molecule is OCC=Cc1ccc(-c2cccnc2)o1. The van der Waals surface area contributed by atoms with Crippen molar-refractivity contribution < 1.29 is 9.52 Å². The molecule has 0 fully saturated rings. The van der Waals surface area contributed by atoms with E-state index in [0.717, 1.165) is 17.1 Å². The first-order valence-corrected chi connectivity index (χ1v) is 4.68. The fourth-order valence-electron chi connectivity index (χ4n) is 1.27. The molecule has 0 spiro atoms. The fourth-order valence-corrected chi connectivity index (χ4v) is 1.27. The highest BCUT2D eigenvalue weighted by Gasteiger charge is 2.01. The van der Waals surface area contributed by atoms with E-state index in [4.69, 9.17) is 9.52 Å². The minimum atomic E-state index is 0.0168. The quantitative estimate of drug-likeness (QED) is 0.829. The number of hydrogen-bond donors (Lipinski definition) is 1. The Hall–Kier alpha value is -1.87. The Labute approximate surface area is 87.7 Å². The van der Waals surface area contributed by atoms with Crippen LogP contribution < -0.4 is 0 Å². The van der Waals surface area contributed by atoms with Crippen molar-refractivity contribution in [3.05, 3.63) is 48.5 Å². The number of aliphatic hydroxyl groups is 1. The molecule has 0 aliphatic rings. The van der Waals surface area contributed by atoms with Crippen LogP contribution in [-0.2, 0) is 0 Å². The molecule has 0 aliphatic carbocycles. The highest BCUT2D eigenvalue weighted by Crippen LogP contribution is 2.21. The number of hydrogen-bond acceptors (Lipinski definition) is 3. The molecule has 3 heteroatoms. The lowest BCUT2D eigenvalue weighted by atomic mass is 10.2. The molecule has 0 aliphatic heterocycles. The summed E-state index contributed by atoms with van der Waals surface area (Å²) in [5.41, 5.74) is 0.946.